The minimum Gasteiger partial charge on any atom is -0.481 e. The first-order valence-electron chi connectivity index (χ1n) is 6.27. The van der Waals surface area contributed by atoms with Crippen molar-refractivity contribution >= 4 is 5.97 Å². The molecule has 0 amide bonds. The predicted molar refractivity (Wildman–Crippen MR) is 67.0 cm³/mol. The lowest BCUT2D eigenvalue weighted by molar-refractivity contribution is -0.137. The highest BCUT2D eigenvalue weighted by Crippen LogP contribution is 2.31. The Kier molecular flexibility index (Phi) is 3.97. The fourth-order valence-corrected chi connectivity index (χ4v) is 2.63. The topological polar surface area (TPSA) is 40.5 Å². The van der Waals surface area contributed by atoms with Crippen LogP contribution in [-0.4, -0.2) is 35.1 Å². The summed E-state index contributed by atoms with van der Waals surface area (Å²) in [6.07, 6.45) is 1.19. The second-order valence-corrected chi connectivity index (χ2v) is 4.97. The molecule has 1 aromatic rings. The number of likely N-dealkylation sites (tertiary alicyclic amines) is 1. The van der Waals surface area contributed by atoms with E-state index in [-0.39, 0.29) is 12.2 Å². The van der Waals surface area contributed by atoms with Crippen molar-refractivity contribution < 1.29 is 14.3 Å². The van der Waals surface area contributed by atoms with Crippen LogP contribution in [0.2, 0.25) is 0 Å². The lowest BCUT2D eigenvalue weighted by Crippen LogP contribution is -2.29. The normalized spacial score (nSPS) is 24.3. The van der Waals surface area contributed by atoms with Gasteiger partial charge in [-0.2, -0.15) is 0 Å². The molecule has 1 aliphatic heterocycles. The van der Waals surface area contributed by atoms with E-state index in [0.717, 1.165) is 18.5 Å². The van der Waals surface area contributed by atoms with Gasteiger partial charge in [0, 0.05) is 19.1 Å². The SMILES string of the molecule is C[C@@H]1C[C@H](c2ccc(F)cc2)CN1CCC(=O)O. The quantitative estimate of drug-likeness (QED) is 0.893. The molecule has 1 fully saturated rings. The summed E-state index contributed by atoms with van der Waals surface area (Å²) in [6.45, 7) is 3.57. The Bertz CT molecular complexity index is 418. The summed E-state index contributed by atoms with van der Waals surface area (Å²) < 4.78 is 12.9. The van der Waals surface area contributed by atoms with Crippen molar-refractivity contribution in [2.24, 2.45) is 0 Å². The van der Waals surface area contributed by atoms with Crippen LogP contribution in [-0.2, 0) is 4.79 Å². The number of aliphatic carboxylic acids is 1. The summed E-state index contributed by atoms with van der Waals surface area (Å²) in [5, 5.41) is 8.71. The molecule has 0 radical (unpaired) electrons. The number of hydrogen-bond acceptors (Lipinski definition) is 2. The molecule has 1 aliphatic rings. The third-order valence-electron chi connectivity index (χ3n) is 3.66. The van der Waals surface area contributed by atoms with E-state index < -0.39 is 5.97 Å². The van der Waals surface area contributed by atoms with Crippen molar-refractivity contribution in [1.82, 2.24) is 4.90 Å². The van der Waals surface area contributed by atoms with E-state index in [1.54, 1.807) is 0 Å². The fourth-order valence-electron chi connectivity index (χ4n) is 2.63. The van der Waals surface area contributed by atoms with Gasteiger partial charge in [0.15, 0.2) is 0 Å². The van der Waals surface area contributed by atoms with E-state index in [1.807, 2.05) is 12.1 Å². The Morgan fingerprint density at radius 2 is 2.11 bits per heavy atom. The van der Waals surface area contributed by atoms with E-state index in [4.69, 9.17) is 5.11 Å². The van der Waals surface area contributed by atoms with Crippen molar-refractivity contribution in [2.75, 3.05) is 13.1 Å². The Morgan fingerprint density at radius 3 is 2.72 bits per heavy atom. The van der Waals surface area contributed by atoms with Crippen molar-refractivity contribution in [3.63, 3.8) is 0 Å². The van der Waals surface area contributed by atoms with E-state index in [0.29, 0.717) is 18.5 Å². The van der Waals surface area contributed by atoms with E-state index in [9.17, 15) is 9.18 Å². The average molecular weight is 251 g/mol. The highest BCUT2D eigenvalue weighted by Gasteiger charge is 2.29. The Balaban J connectivity index is 1.97. The minimum absolute atomic E-state index is 0.181. The van der Waals surface area contributed by atoms with Gasteiger partial charge in [-0.25, -0.2) is 4.39 Å². The maximum atomic E-state index is 12.9. The first-order valence-corrected chi connectivity index (χ1v) is 6.27. The van der Waals surface area contributed by atoms with Crippen molar-refractivity contribution in [3.8, 4) is 0 Å². The molecule has 0 aromatic heterocycles. The van der Waals surface area contributed by atoms with Crippen LogP contribution in [0.25, 0.3) is 0 Å². The molecule has 2 atom stereocenters. The molecule has 3 nitrogen and oxygen atoms in total. The van der Waals surface area contributed by atoms with Crippen LogP contribution >= 0.6 is 0 Å². The molecular weight excluding hydrogens is 233 g/mol. The fraction of sp³-hybridized carbons (Fsp3) is 0.500. The number of carboxylic acids is 1. The van der Waals surface area contributed by atoms with Gasteiger partial charge in [-0.3, -0.25) is 9.69 Å². The van der Waals surface area contributed by atoms with Gasteiger partial charge in [-0.05, 0) is 37.0 Å². The zero-order chi connectivity index (χ0) is 13.1. The molecule has 0 bridgehead atoms. The summed E-state index contributed by atoms with van der Waals surface area (Å²) in [5.74, 6) is -0.589. The Morgan fingerprint density at radius 1 is 1.44 bits per heavy atom. The maximum Gasteiger partial charge on any atom is 0.304 e. The maximum absolute atomic E-state index is 12.9. The number of halogens is 1. The van der Waals surface area contributed by atoms with E-state index in [2.05, 4.69) is 11.8 Å². The molecule has 2 rings (SSSR count). The molecule has 98 valence electrons. The molecule has 0 saturated carbocycles. The third kappa shape index (κ3) is 3.07. The van der Waals surface area contributed by atoms with Gasteiger partial charge in [0.05, 0.1) is 6.42 Å². The predicted octanol–water partition coefficient (Wildman–Crippen LogP) is 2.48. The molecule has 0 aliphatic carbocycles. The van der Waals surface area contributed by atoms with Crippen LogP contribution in [0.5, 0.6) is 0 Å². The molecule has 1 heterocycles. The molecule has 1 aromatic carbocycles. The summed E-state index contributed by atoms with van der Waals surface area (Å²) in [4.78, 5) is 12.8. The van der Waals surface area contributed by atoms with Gasteiger partial charge in [-0.1, -0.05) is 12.1 Å². The van der Waals surface area contributed by atoms with Gasteiger partial charge < -0.3 is 5.11 Å². The van der Waals surface area contributed by atoms with Crippen LogP contribution in [0, 0.1) is 5.82 Å². The number of hydrogen-bond donors (Lipinski definition) is 1. The minimum atomic E-state index is -0.757. The molecule has 0 spiro atoms. The van der Waals surface area contributed by atoms with Crippen molar-refractivity contribution in [2.45, 2.75) is 31.7 Å². The lowest BCUT2D eigenvalue weighted by Gasteiger charge is -2.19. The van der Waals surface area contributed by atoms with Gasteiger partial charge in [0.2, 0.25) is 0 Å². The highest BCUT2D eigenvalue weighted by atomic mass is 19.1. The number of rotatable bonds is 4. The average Bonchev–Trinajstić information content (AvgIpc) is 2.69. The third-order valence-corrected chi connectivity index (χ3v) is 3.66. The summed E-state index contributed by atoms with van der Waals surface area (Å²) in [5.41, 5.74) is 1.14. The smallest absolute Gasteiger partial charge is 0.304 e. The molecular formula is C14H18FNO2. The van der Waals surface area contributed by atoms with Crippen molar-refractivity contribution in [3.05, 3.63) is 35.6 Å². The largest absolute Gasteiger partial charge is 0.481 e. The standard InChI is InChI=1S/C14H18FNO2/c1-10-8-12(9-16(10)7-6-14(17)18)11-2-4-13(15)5-3-11/h2-5,10,12H,6-9H2,1H3,(H,17,18)/t10-,12+/m1/s1. The second-order valence-electron chi connectivity index (χ2n) is 4.97. The van der Waals surface area contributed by atoms with Gasteiger partial charge in [0.25, 0.3) is 0 Å². The van der Waals surface area contributed by atoms with Gasteiger partial charge in [0.1, 0.15) is 5.82 Å². The molecule has 4 heteroatoms. The first-order chi connectivity index (χ1) is 8.56. The number of carboxylic acid groups (broad SMARTS) is 1. The summed E-state index contributed by atoms with van der Waals surface area (Å²) in [7, 11) is 0. The Labute approximate surface area is 106 Å². The molecule has 0 unspecified atom stereocenters. The summed E-state index contributed by atoms with van der Waals surface area (Å²) in [6, 6.07) is 7.01. The second kappa shape index (κ2) is 5.48. The zero-order valence-corrected chi connectivity index (χ0v) is 10.5. The van der Waals surface area contributed by atoms with Crippen LogP contribution in [0.1, 0.15) is 31.2 Å². The van der Waals surface area contributed by atoms with E-state index in [1.165, 1.54) is 12.1 Å². The van der Waals surface area contributed by atoms with Crippen molar-refractivity contribution in [1.29, 1.82) is 0 Å². The monoisotopic (exact) mass is 251 g/mol. The highest BCUT2D eigenvalue weighted by molar-refractivity contribution is 5.66. The number of carbonyl (C=O) groups is 1. The zero-order valence-electron chi connectivity index (χ0n) is 10.5. The van der Waals surface area contributed by atoms with Crippen LogP contribution in [0.3, 0.4) is 0 Å². The Hall–Kier alpha value is -1.42. The molecule has 1 N–H and O–H groups in total. The van der Waals surface area contributed by atoms with Crippen LogP contribution in [0.4, 0.5) is 4.39 Å². The van der Waals surface area contributed by atoms with Crippen LogP contribution < -0.4 is 0 Å². The first kappa shape index (κ1) is 13.0. The summed E-state index contributed by atoms with van der Waals surface area (Å²) >= 11 is 0. The molecule has 18 heavy (non-hydrogen) atoms. The van der Waals surface area contributed by atoms with Gasteiger partial charge in [-0.15, -0.1) is 0 Å². The molecule has 1 saturated heterocycles. The lowest BCUT2D eigenvalue weighted by atomic mass is 9.97. The van der Waals surface area contributed by atoms with E-state index >= 15 is 0 Å². The number of nitrogens with zero attached hydrogens (tertiary/aromatic N) is 1. The van der Waals surface area contributed by atoms with Gasteiger partial charge >= 0.3 is 5.97 Å². The number of benzene rings is 1. The van der Waals surface area contributed by atoms with Crippen LogP contribution in [0.15, 0.2) is 24.3 Å².